The Bertz CT molecular complexity index is 505. The van der Waals surface area contributed by atoms with Gasteiger partial charge >= 0.3 is 0 Å². The number of hydrogen-bond donors (Lipinski definition) is 1. The highest BCUT2D eigenvalue weighted by Gasteiger charge is 2.39. The number of nitrogens with two attached hydrogens (primary N) is 1. The minimum Gasteiger partial charge on any atom is -0.374 e. The molecule has 1 aliphatic heterocycles. The molecule has 0 aromatic heterocycles. The summed E-state index contributed by atoms with van der Waals surface area (Å²) < 4.78 is 5.82. The van der Waals surface area contributed by atoms with Gasteiger partial charge in [-0.25, -0.2) is 0 Å². The molecule has 4 atom stereocenters. The first kappa shape index (κ1) is 15.5. The average molecular weight is 302 g/mol. The van der Waals surface area contributed by atoms with E-state index in [4.69, 9.17) is 10.5 Å². The number of morpholine rings is 1. The van der Waals surface area contributed by atoms with Crippen molar-refractivity contribution >= 4 is 5.91 Å². The molecule has 1 heterocycles. The molecule has 2 unspecified atom stereocenters. The molecule has 0 bridgehead atoms. The minimum absolute atomic E-state index is 0.0314. The Morgan fingerprint density at radius 3 is 2.82 bits per heavy atom. The van der Waals surface area contributed by atoms with Crippen LogP contribution in [0.5, 0.6) is 0 Å². The Hall–Kier alpha value is -1.39. The van der Waals surface area contributed by atoms with E-state index < -0.39 is 0 Å². The van der Waals surface area contributed by atoms with Crippen LogP contribution in [0.2, 0.25) is 0 Å². The molecule has 4 heteroatoms. The van der Waals surface area contributed by atoms with Crippen LogP contribution in [0.1, 0.15) is 37.8 Å². The van der Waals surface area contributed by atoms with Gasteiger partial charge in [0.15, 0.2) is 0 Å². The van der Waals surface area contributed by atoms with E-state index in [0.29, 0.717) is 25.6 Å². The summed E-state index contributed by atoms with van der Waals surface area (Å²) >= 11 is 0. The molecule has 0 spiro atoms. The molecule has 1 saturated heterocycles. The highest BCUT2D eigenvalue weighted by Crippen LogP contribution is 2.36. The molecule has 3 rings (SSSR count). The van der Waals surface area contributed by atoms with Gasteiger partial charge < -0.3 is 15.4 Å². The lowest BCUT2D eigenvalue weighted by Gasteiger charge is -2.41. The summed E-state index contributed by atoms with van der Waals surface area (Å²) in [6.07, 6.45) is 3.28. The molecule has 1 amide bonds. The third-order valence-corrected chi connectivity index (χ3v) is 5.12. The molecule has 1 saturated carbocycles. The summed E-state index contributed by atoms with van der Waals surface area (Å²) in [4.78, 5) is 15.2. The number of carbonyl (C=O) groups excluding carboxylic acids is 1. The maximum absolute atomic E-state index is 13.1. The number of benzene rings is 1. The molecular formula is C18H26N2O2. The maximum atomic E-state index is 13.1. The smallest absolute Gasteiger partial charge is 0.226 e. The van der Waals surface area contributed by atoms with E-state index in [1.165, 1.54) is 0 Å². The summed E-state index contributed by atoms with van der Waals surface area (Å²) in [7, 11) is 0. The van der Waals surface area contributed by atoms with E-state index in [-0.39, 0.29) is 24.0 Å². The van der Waals surface area contributed by atoms with Crippen molar-refractivity contribution in [1.82, 2.24) is 4.90 Å². The first-order valence-electron chi connectivity index (χ1n) is 8.37. The van der Waals surface area contributed by atoms with Crippen LogP contribution in [0, 0.1) is 11.8 Å². The number of carbonyl (C=O) groups is 1. The lowest BCUT2D eigenvalue weighted by Crippen LogP contribution is -2.49. The zero-order chi connectivity index (χ0) is 15.5. The van der Waals surface area contributed by atoms with Gasteiger partial charge in [-0.15, -0.1) is 0 Å². The largest absolute Gasteiger partial charge is 0.374 e. The van der Waals surface area contributed by atoms with Gasteiger partial charge in [-0.3, -0.25) is 4.79 Å². The van der Waals surface area contributed by atoms with Crippen LogP contribution in [0.25, 0.3) is 0 Å². The average Bonchev–Trinajstić information content (AvgIpc) is 3.03. The molecule has 4 nitrogen and oxygen atoms in total. The van der Waals surface area contributed by atoms with Crippen molar-refractivity contribution in [1.29, 1.82) is 0 Å². The molecule has 1 aromatic rings. The lowest BCUT2D eigenvalue weighted by molar-refractivity contribution is -0.150. The van der Waals surface area contributed by atoms with Crippen molar-refractivity contribution < 1.29 is 9.53 Å². The Morgan fingerprint density at radius 2 is 2.09 bits per heavy atom. The number of rotatable bonds is 3. The van der Waals surface area contributed by atoms with Crippen molar-refractivity contribution in [3.8, 4) is 0 Å². The highest BCUT2D eigenvalue weighted by atomic mass is 16.5. The molecule has 2 fully saturated rings. The van der Waals surface area contributed by atoms with Crippen molar-refractivity contribution in [2.75, 3.05) is 19.7 Å². The molecule has 120 valence electrons. The second-order valence-corrected chi connectivity index (χ2v) is 6.59. The van der Waals surface area contributed by atoms with Gasteiger partial charge in [0.25, 0.3) is 0 Å². The maximum Gasteiger partial charge on any atom is 0.226 e. The van der Waals surface area contributed by atoms with Crippen LogP contribution in [0.3, 0.4) is 0 Å². The summed E-state index contributed by atoms with van der Waals surface area (Å²) in [5.74, 6) is 0.723. The normalized spacial score (nSPS) is 32.2. The Morgan fingerprint density at radius 1 is 1.32 bits per heavy atom. The van der Waals surface area contributed by atoms with Crippen molar-refractivity contribution in [2.45, 2.75) is 38.3 Å². The van der Waals surface area contributed by atoms with Crippen LogP contribution in [-0.4, -0.2) is 36.6 Å². The molecule has 22 heavy (non-hydrogen) atoms. The standard InChI is InChI=1S/C18H26N2O2/c1-13-11-20(18(21)16-9-5-8-15(16)10-19)17(12-22-13)14-6-3-2-4-7-14/h2-4,6-7,13,15-17H,5,8-12,19H2,1H3/t13?,15-,16-,17?/m1/s1. The Kier molecular flexibility index (Phi) is 4.79. The monoisotopic (exact) mass is 302 g/mol. The predicted octanol–water partition coefficient (Wildman–Crippen LogP) is 2.35. The fourth-order valence-electron chi connectivity index (χ4n) is 3.85. The van der Waals surface area contributed by atoms with Crippen LogP contribution in [0.15, 0.2) is 30.3 Å². The third-order valence-electron chi connectivity index (χ3n) is 5.12. The summed E-state index contributed by atoms with van der Waals surface area (Å²) in [5, 5.41) is 0. The van der Waals surface area contributed by atoms with Gasteiger partial charge in [0, 0.05) is 12.5 Å². The summed E-state index contributed by atoms with van der Waals surface area (Å²) in [6.45, 7) is 3.91. The van der Waals surface area contributed by atoms with Gasteiger partial charge in [-0.05, 0) is 37.8 Å². The van der Waals surface area contributed by atoms with E-state index in [1.807, 2.05) is 30.0 Å². The van der Waals surface area contributed by atoms with Gasteiger partial charge in [-0.1, -0.05) is 36.8 Å². The fraction of sp³-hybridized carbons (Fsp3) is 0.611. The van der Waals surface area contributed by atoms with E-state index >= 15 is 0 Å². The number of nitrogens with zero attached hydrogens (tertiary/aromatic N) is 1. The number of hydrogen-bond acceptors (Lipinski definition) is 3. The molecular weight excluding hydrogens is 276 g/mol. The molecule has 0 radical (unpaired) electrons. The lowest BCUT2D eigenvalue weighted by atomic mass is 9.92. The van der Waals surface area contributed by atoms with Gasteiger partial charge in [0.2, 0.25) is 5.91 Å². The zero-order valence-electron chi connectivity index (χ0n) is 13.3. The Balaban J connectivity index is 1.82. The fourth-order valence-corrected chi connectivity index (χ4v) is 3.85. The van der Waals surface area contributed by atoms with Crippen LogP contribution in [-0.2, 0) is 9.53 Å². The molecule has 2 N–H and O–H groups in total. The molecule has 2 aliphatic rings. The SMILES string of the molecule is CC1CN(C(=O)[C@@H]2CCC[C@@H]2CN)C(c2ccccc2)CO1. The van der Waals surface area contributed by atoms with E-state index in [0.717, 1.165) is 24.8 Å². The van der Waals surface area contributed by atoms with Crippen LogP contribution < -0.4 is 5.73 Å². The molecule has 1 aromatic carbocycles. The molecule has 1 aliphatic carbocycles. The predicted molar refractivity (Wildman–Crippen MR) is 86.2 cm³/mol. The van der Waals surface area contributed by atoms with Crippen LogP contribution >= 0.6 is 0 Å². The number of ether oxygens (including phenoxy) is 1. The van der Waals surface area contributed by atoms with Crippen molar-refractivity contribution in [2.24, 2.45) is 17.6 Å². The van der Waals surface area contributed by atoms with Crippen molar-refractivity contribution in [3.63, 3.8) is 0 Å². The van der Waals surface area contributed by atoms with Gasteiger partial charge in [0.05, 0.1) is 18.8 Å². The van der Waals surface area contributed by atoms with E-state index in [2.05, 4.69) is 12.1 Å². The van der Waals surface area contributed by atoms with Gasteiger partial charge in [0.1, 0.15) is 0 Å². The Labute approximate surface area is 132 Å². The first-order chi connectivity index (χ1) is 10.7. The van der Waals surface area contributed by atoms with E-state index in [1.54, 1.807) is 0 Å². The highest BCUT2D eigenvalue weighted by molar-refractivity contribution is 5.80. The topological polar surface area (TPSA) is 55.6 Å². The number of amides is 1. The summed E-state index contributed by atoms with van der Waals surface area (Å²) in [6, 6.07) is 10.2. The minimum atomic E-state index is 0.0314. The third kappa shape index (κ3) is 3.03. The quantitative estimate of drug-likeness (QED) is 0.932. The van der Waals surface area contributed by atoms with Crippen molar-refractivity contribution in [3.05, 3.63) is 35.9 Å². The summed E-state index contributed by atoms with van der Waals surface area (Å²) in [5.41, 5.74) is 7.03. The first-order valence-corrected chi connectivity index (χ1v) is 8.37. The van der Waals surface area contributed by atoms with Crippen LogP contribution in [0.4, 0.5) is 0 Å². The van der Waals surface area contributed by atoms with E-state index in [9.17, 15) is 4.79 Å². The van der Waals surface area contributed by atoms with Gasteiger partial charge in [-0.2, -0.15) is 0 Å². The zero-order valence-corrected chi connectivity index (χ0v) is 13.3. The second-order valence-electron chi connectivity index (χ2n) is 6.59. The second kappa shape index (κ2) is 6.80.